The van der Waals surface area contributed by atoms with Gasteiger partial charge in [-0.3, -0.25) is 0 Å². The molecule has 0 aliphatic heterocycles. The van der Waals surface area contributed by atoms with Crippen LogP contribution in [0.25, 0.3) is 0 Å². The number of rotatable bonds is 2. The molecule has 0 bridgehead atoms. The van der Waals surface area contributed by atoms with Crippen LogP contribution in [-0.4, -0.2) is 14.7 Å². The van der Waals surface area contributed by atoms with Crippen LogP contribution in [-0.2, 0) is 20.3 Å². The summed E-state index contributed by atoms with van der Waals surface area (Å²) in [5.41, 5.74) is 0. The van der Waals surface area contributed by atoms with E-state index in [0.717, 1.165) is 6.08 Å². The molecule has 0 saturated heterocycles. The van der Waals surface area contributed by atoms with Crippen molar-refractivity contribution in [2.45, 2.75) is 0 Å². The van der Waals surface area contributed by atoms with Gasteiger partial charge < -0.3 is 8.74 Å². The first kappa shape index (κ1) is 7.32. The van der Waals surface area contributed by atoms with E-state index in [-0.39, 0.29) is 0 Å². The molecule has 1 unspecified atom stereocenters. The molecule has 0 radical (unpaired) electrons. The second-order valence-corrected chi connectivity index (χ2v) is 1.39. The SMILES string of the molecule is C=CC(=O)OS(=O)[O-]. The van der Waals surface area contributed by atoms with Gasteiger partial charge in [0, 0.05) is 6.08 Å². The third-order valence-corrected chi connectivity index (χ3v) is 0.617. The third-order valence-electron chi connectivity index (χ3n) is 0.317. The third kappa shape index (κ3) is 3.51. The van der Waals surface area contributed by atoms with Crippen molar-refractivity contribution in [3.63, 3.8) is 0 Å². The molecule has 1 atom stereocenters. The predicted molar refractivity (Wildman–Crippen MR) is 25.2 cm³/mol. The molecular weight excluding hydrogens is 132 g/mol. The van der Waals surface area contributed by atoms with Crippen LogP contribution >= 0.6 is 0 Å². The van der Waals surface area contributed by atoms with Crippen molar-refractivity contribution in [3.05, 3.63) is 12.7 Å². The largest absolute Gasteiger partial charge is 0.740 e. The normalized spacial score (nSPS) is 12.1. The number of hydrogen-bond donors (Lipinski definition) is 0. The summed E-state index contributed by atoms with van der Waals surface area (Å²) in [6.45, 7) is 2.97. The Balaban J connectivity index is 3.55. The Hall–Kier alpha value is -0.680. The lowest BCUT2D eigenvalue weighted by molar-refractivity contribution is -0.128. The molecule has 0 amide bonds. The zero-order valence-electron chi connectivity index (χ0n) is 3.83. The van der Waals surface area contributed by atoms with Crippen molar-refractivity contribution in [3.8, 4) is 0 Å². The lowest BCUT2D eigenvalue weighted by atomic mass is 10.7. The Bertz CT molecular complexity index is 129. The molecule has 0 aromatic rings. The number of carbonyl (C=O) groups excluding carboxylic acids is 1. The maximum absolute atomic E-state index is 9.89. The highest BCUT2D eigenvalue weighted by Crippen LogP contribution is 1.80. The molecule has 0 heterocycles. The monoisotopic (exact) mass is 135 g/mol. The van der Waals surface area contributed by atoms with E-state index < -0.39 is 17.3 Å². The van der Waals surface area contributed by atoms with Crippen LogP contribution in [0.2, 0.25) is 0 Å². The zero-order chi connectivity index (χ0) is 6.57. The van der Waals surface area contributed by atoms with Crippen LogP contribution in [0.1, 0.15) is 0 Å². The highest BCUT2D eigenvalue weighted by Gasteiger charge is 1.90. The van der Waals surface area contributed by atoms with Gasteiger partial charge in [0.1, 0.15) is 11.4 Å². The summed E-state index contributed by atoms with van der Waals surface area (Å²) in [4.78, 5) is 9.89. The first-order valence-electron chi connectivity index (χ1n) is 1.61. The van der Waals surface area contributed by atoms with Crippen LogP contribution in [0, 0.1) is 0 Å². The maximum atomic E-state index is 9.89. The maximum Gasteiger partial charge on any atom is 0.343 e. The fraction of sp³-hybridized carbons (Fsp3) is 0. The van der Waals surface area contributed by atoms with Gasteiger partial charge in [-0.25, -0.2) is 9.00 Å². The van der Waals surface area contributed by atoms with Gasteiger partial charge in [-0.05, 0) is 0 Å². The van der Waals surface area contributed by atoms with E-state index >= 15 is 0 Å². The van der Waals surface area contributed by atoms with Gasteiger partial charge >= 0.3 is 5.97 Å². The molecule has 0 aromatic carbocycles. The number of hydrogen-bond acceptors (Lipinski definition) is 4. The highest BCUT2D eigenvalue weighted by molar-refractivity contribution is 7.74. The smallest absolute Gasteiger partial charge is 0.343 e. The summed E-state index contributed by atoms with van der Waals surface area (Å²) in [6.07, 6.45) is 0.760. The van der Waals surface area contributed by atoms with E-state index in [1.54, 1.807) is 0 Å². The Morgan fingerprint density at radius 3 is 2.50 bits per heavy atom. The van der Waals surface area contributed by atoms with Crippen LogP contribution in [0.15, 0.2) is 12.7 Å². The van der Waals surface area contributed by atoms with E-state index in [9.17, 15) is 13.6 Å². The van der Waals surface area contributed by atoms with E-state index in [0.29, 0.717) is 0 Å². The fourth-order valence-corrected chi connectivity index (χ4v) is 0.303. The topological polar surface area (TPSA) is 66.4 Å². The van der Waals surface area contributed by atoms with E-state index in [1.165, 1.54) is 0 Å². The molecule has 4 nitrogen and oxygen atoms in total. The lowest BCUT2D eigenvalue weighted by Gasteiger charge is -1.99. The van der Waals surface area contributed by atoms with Crippen molar-refractivity contribution >= 4 is 17.3 Å². The first-order valence-corrected chi connectivity index (χ1v) is 2.61. The van der Waals surface area contributed by atoms with E-state index in [1.807, 2.05) is 0 Å². The van der Waals surface area contributed by atoms with Gasteiger partial charge in [0.05, 0.1) is 0 Å². The van der Waals surface area contributed by atoms with E-state index in [2.05, 4.69) is 10.8 Å². The Morgan fingerprint density at radius 2 is 2.38 bits per heavy atom. The quantitative estimate of drug-likeness (QED) is 0.378. The molecular formula is C3H3O4S-. The Labute approximate surface area is 48.6 Å². The van der Waals surface area contributed by atoms with Crippen molar-refractivity contribution in [1.82, 2.24) is 0 Å². The average molecular weight is 135 g/mol. The zero-order valence-corrected chi connectivity index (χ0v) is 4.64. The molecule has 0 aliphatic carbocycles. The minimum absolute atomic E-state index is 0.760. The van der Waals surface area contributed by atoms with Gasteiger partial charge in [-0.2, -0.15) is 0 Å². The summed E-state index contributed by atoms with van der Waals surface area (Å²) in [6, 6.07) is 0. The molecule has 0 aromatic heterocycles. The van der Waals surface area contributed by atoms with Gasteiger partial charge in [0.15, 0.2) is 0 Å². The first-order chi connectivity index (χ1) is 3.66. The second kappa shape index (κ2) is 3.34. The second-order valence-electron chi connectivity index (χ2n) is 0.811. The van der Waals surface area contributed by atoms with Crippen LogP contribution in [0.5, 0.6) is 0 Å². The van der Waals surface area contributed by atoms with Crippen molar-refractivity contribution < 1.29 is 17.7 Å². The molecule has 5 heteroatoms. The molecule has 0 N–H and O–H groups in total. The Morgan fingerprint density at radius 1 is 1.88 bits per heavy atom. The molecule has 8 heavy (non-hydrogen) atoms. The molecule has 0 spiro atoms. The van der Waals surface area contributed by atoms with Crippen LogP contribution in [0.3, 0.4) is 0 Å². The van der Waals surface area contributed by atoms with Crippen molar-refractivity contribution in [1.29, 1.82) is 0 Å². The molecule has 0 saturated carbocycles. The lowest BCUT2D eigenvalue weighted by Crippen LogP contribution is -2.01. The van der Waals surface area contributed by atoms with Crippen LogP contribution in [0.4, 0.5) is 0 Å². The molecule has 0 fully saturated rings. The summed E-state index contributed by atoms with van der Waals surface area (Å²) in [7, 11) is 0. The summed E-state index contributed by atoms with van der Waals surface area (Å²) in [5, 5.41) is 0. The van der Waals surface area contributed by atoms with Gasteiger partial charge in [0.2, 0.25) is 0 Å². The van der Waals surface area contributed by atoms with Gasteiger partial charge in [-0.15, -0.1) is 0 Å². The standard InChI is InChI=1S/C3H4O4S/c1-2-3(4)7-8(5)6/h2H,1H2,(H,5,6)/p-1. The summed E-state index contributed by atoms with van der Waals surface area (Å²) < 4.78 is 22.5. The van der Waals surface area contributed by atoms with Gasteiger partial charge in [-0.1, -0.05) is 6.58 Å². The average Bonchev–Trinajstić information content (AvgIpc) is 1.65. The minimum atomic E-state index is -2.77. The Kier molecular flexibility index (Phi) is 3.05. The molecule has 0 aliphatic rings. The van der Waals surface area contributed by atoms with Crippen molar-refractivity contribution in [2.24, 2.45) is 0 Å². The molecule has 46 valence electrons. The predicted octanol–water partition coefficient (Wildman–Crippen LogP) is -0.490. The van der Waals surface area contributed by atoms with Crippen LogP contribution < -0.4 is 0 Å². The highest BCUT2D eigenvalue weighted by atomic mass is 32.2. The fourth-order valence-electron chi connectivity index (χ4n) is 0.101. The summed E-state index contributed by atoms with van der Waals surface area (Å²) in [5.74, 6) is -0.974. The van der Waals surface area contributed by atoms with E-state index in [4.69, 9.17) is 0 Å². The molecule has 0 rings (SSSR count). The number of carbonyl (C=O) groups is 1. The van der Waals surface area contributed by atoms with Gasteiger partial charge in [0.25, 0.3) is 0 Å². The summed E-state index contributed by atoms with van der Waals surface area (Å²) >= 11 is -2.77. The van der Waals surface area contributed by atoms with Crippen molar-refractivity contribution in [2.75, 3.05) is 0 Å². The minimum Gasteiger partial charge on any atom is -0.740 e.